The molecule has 0 N–H and O–H groups in total. The smallest absolute Gasteiger partial charge is 0.243 e. The molecule has 0 aliphatic carbocycles. The molecular formula is C16H22N4O3S. The first-order valence-electron chi connectivity index (χ1n) is 7.92. The molecule has 0 spiro atoms. The van der Waals surface area contributed by atoms with Crippen molar-refractivity contribution in [2.75, 3.05) is 13.7 Å². The standard InChI is InChI=1S/C16H22N4O3S/c1-12-4-6-14(7-5-12)24(21,22)20-9-8-19-15(10-13(20)2)17-18-16(19)11-23-3/h4-7,13H,8-11H2,1-3H3. The van der Waals surface area contributed by atoms with Gasteiger partial charge in [-0.3, -0.25) is 0 Å². The Balaban J connectivity index is 1.89. The monoisotopic (exact) mass is 350 g/mol. The van der Waals surface area contributed by atoms with E-state index in [9.17, 15) is 8.42 Å². The maximum atomic E-state index is 13.0. The first-order valence-corrected chi connectivity index (χ1v) is 9.36. The summed E-state index contributed by atoms with van der Waals surface area (Å²) >= 11 is 0. The number of sulfonamides is 1. The van der Waals surface area contributed by atoms with Crippen molar-refractivity contribution in [3.63, 3.8) is 0 Å². The van der Waals surface area contributed by atoms with Gasteiger partial charge in [-0.2, -0.15) is 4.31 Å². The molecule has 0 saturated heterocycles. The van der Waals surface area contributed by atoms with Crippen LogP contribution in [0.5, 0.6) is 0 Å². The molecule has 2 heterocycles. The topological polar surface area (TPSA) is 77.3 Å². The van der Waals surface area contributed by atoms with Gasteiger partial charge in [0.15, 0.2) is 5.82 Å². The van der Waals surface area contributed by atoms with Crippen LogP contribution in [0.4, 0.5) is 0 Å². The van der Waals surface area contributed by atoms with Crippen molar-refractivity contribution in [3.05, 3.63) is 41.5 Å². The Morgan fingerprint density at radius 3 is 2.58 bits per heavy atom. The highest BCUT2D eigenvalue weighted by atomic mass is 32.2. The Labute approximate surface area is 142 Å². The van der Waals surface area contributed by atoms with Crippen LogP contribution in [0.1, 0.15) is 24.1 Å². The average Bonchev–Trinajstić information content (AvgIpc) is 2.81. The second-order valence-electron chi connectivity index (χ2n) is 6.10. The van der Waals surface area contributed by atoms with Crippen molar-refractivity contribution in [2.24, 2.45) is 0 Å². The van der Waals surface area contributed by atoms with E-state index >= 15 is 0 Å². The lowest BCUT2D eigenvalue weighted by Gasteiger charge is -2.25. The van der Waals surface area contributed by atoms with Gasteiger partial charge in [-0.1, -0.05) is 17.7 Å². The van der Waals surface area contributed by atoms with E-state index in [4.69, 9.17) is 4.74 Å². The molecule has 1 unspecified atom stereocenters. The van der Waals surface area contributed by atoms with Gasteiger partial charge in [-0.05, 0) is 26.0 Å². The Hall–Kier alpha value is -1.77. The van der Waals surface area contributed by atoms with Crippen LogP contribution < -0.4 is 0 Å². The highest BCUT2D eigenvalue weighted by Crippen LogP contribution is 2.23. The fraction of sp³-hybridized carbons (Fsp3) is 0.500. The Bertz CT molecular complexity index is 814. The van der Waals surface area contributed by atoms with Gasteiger partial charge >= 0.3 is 0 Å². The van der Waals surface area contributed by atoms with E-state index in [1.54, 1.807) is 23.5 Å². The summed E-state index contributed by atoms with van der Waals surface area (Å²) < 4.78 is 34.7. The first kappa shape index (κ1) is 17.1. The van der Waals surface area contributed by atoms with E-state index in [-0.39, 0.29) is 6.04 Å². The summed E-state index contributed by atoms with van der Waals surface area (Å²) in [6.07, 6.45) is 0.530. The zero-order valence-electron chi connectivity index (χ0n) is 14.1. The second-order valence-corrected chi connectivity index (χ2v) is 7.99. The molecule has 3 rings (SSSR count). The third kappa shape index (κ3) is 3.09. The predicted octanol–water partition coefficient (Wildman–Crippen LogP) is 1.37. The molecule has 0 radical (unpaired) electrons. The molecule has 0 fully saturated rings. The molecular weight excluding hydrogens is 328 g/mol. The summed E-state index contributed by atoms with van der Waals surface area (Å²) in [7, 11) is -1.93. The lowest BCUT2D eigenvalue weighted by molar-refractivity contribution is 0.173. The van der Waals surface area contributed by atoms with Crippen molar-refractivity contribution < 1.29 is 13.2 Å². The molecule has 1 aromatic heterocycles. The Morgan fingerprint density at radius 2 is 1.92 bits per heavy atom. The van der Waals surface area contributed by atoms with Crippen molar-refractivity contribution in [1.82, 2.24) is 19.1 Å². The number of hydrogen-bond donors (Lipinski definition) is 0. The molecule has 0 saturated carbocycles. The number of aryl methyl sites for hydroxylation is 1. The largest absolute Gasteiger partial charge is 0.377 e. The molecule has 1 aromatic carbocycles. The van der Waals surface area contributed by atoms with Crippen LogP contribution >= 0.6 is 0 Å². The van der Waals surface area contributed by atoms with E-state index < -0.39 is 10.0 Å². The molecule has 2 aromatic rings. The van der Waals surface area contributed by atoms with Gasteiger partial charge in [0, 0.05) is 32.7 Å². The minimum absolute atomic E-state index is 0.183. The van der Waals surface area contributed by atoms with Crippen LogP contribution in [-0.4, -0.2) is 47.2 Å². The van der Waals surface area contributed by atoms with Gasteiger partial charge in [0.2, 0.25) is 10.0 Å². The minimum atomic E-state index is -3.53. The molecule has 0 bridgehead atoms. The number of hydrogen-bond acceptors (Lipinski definition) is 5. The first-order chi connectivity index (χ1) is 11.4. The molecule has 24 heavy (non-hydrogen) atoms. The third-order valence-electron chi connectivity index (χ3n) is 4.32. The van der Waals surface area contributed by atoms with Crippen LogP contribution in [0.15, 0.2) is 29.2 Å². The summed E-state index contributed by atoms with van der Waals surface area (Å²) in [6, 6.07) is 6.79. The highest BCUT2D eigenvalue weighted by Gasteiger charge is 2.32. The minimum Gasteiger partial charge on any atom is -0.377 e. The SMILES string of the molecule is COCc1nnc2n1CCN(S(=O)(=O)c1ccc(C)cc1)C(C)C2. The van der Waals surface area contributed by atoms with Gasteiger partial charge in [-0.15, -0.1) is 10.2 Å². The zero-order chi connectivity index (χ0) is 17.3. The Kier molecular flexibility index (Phi) is 4.71. The fourth-order valence-corrected chi connectivity index (χ4v) is 4.63. The van der Waals surface area contributed by atoms with E-state index in [1.165, 1.54) is 0 Å². The van der Waals surface area contributed by atoms with Crippen LogP contribution in [0.25, 0.3) is 0 Å². The molecule has 0 amide bonds. The quantitative estimate of drug-likeness (QED) is 0.832. The molecule has 7 nitrogen and oxygen atoms in total. The van der Waals surface area contributed by atoms with E-state index in [2.05, 4.69) is 10.2 Å². The van der Waals surface area contributed by atoms with E-state index in [0.717, 1.165) is 17.2 Å². The molecule has 8 heteroatoms. The van der Waals surface area contributed by atoms with Crippen molar-refractivity contribution >= 4 is 10.0 Å². The number of rotatable bonds is 4. The number of benzene rings is 1. The summed E-state index contributed by atoms with van der Waals surface area (Å²) in [5.74, 6) is 1.53. The molecule has 1 aliphatic heterocycles. The lowest BCUT2D eigenvalue weighted by atomic mass is 10.2. The Morgan fingerprint density at radius 1 is 1.21 bits per heavy atom. The number of methoxy groups -OCH3 is 1. The predicted molar refractivity (Wildman–Crippen MR) is 89.0 cm³/mol. The van der Waals surface area contributed by atoms with Crippen molar-refractivity contribution in [3.8, 4) is 0 Å². The number of nitrogens with zero attached hydrogens (tertiary/aromatic N) is 4. The number of ether oxygens (including phenoxy) is 1. The number of aromatic nitrogens is 3. The molecule has 130 valence electrons. The van der Waals surface area contributed by atoms with Gasteiger partial charge < -0.3 is 9.30 Å². The fourth-order valence-electron chi connectivity index (χ4n) is 3.01. The summed E-state index contributed by atoms with van der Waals surface area (Å²) in [5, 5.41) is 8.34. The summed E-state index contributed by atoms with van der Waals surface area (Å²) in [6.45, 7) is 5.13. The average molecular weight is 350 g/mol. The van der Waals surface area contributed by atoms with Crippen LogP contribution in [0.2, 0.25) is 0 Å². The molecule has 1 aliphatic rings. The maximum Gasteiger partial charge on any atom is 0.243 e. The normalized spacial score (nSPS) is 19.0. The third-order valence-corrected chi connectivity index (χ3v) is 6.35. The molecule has 1 atom stereocenters. The zero-order valence-corrected chi connectivity index (χ0v) is 15.0. The highest BCUT2D eigenvalue weighted by molar-refractivity contribution is 7.89. The lowest BCUT2D eigenvalue weighted by Crippen LogP contribution is -2.40. The van der Waals surface area contributed by atoms with Gasteiger partial charge in [0.25, 0.3) is 0 Å². The van der Waals surface area contributed by atoms with Crippen LogP contribution in [0, 0.1) is 6.92 Å². The van der Waals surface area contributed by atoms with Crippen LogP contribution in [-0.2, 0) is 34.3 Å². The second kappa shape index (κ2) is 6.62. The number of fused-ring (bicyclic) bond motifs is 1. The summed E-state index contributed by atoms with van der Waals surface area (Å²) in [5.41, 5.74) is 1.04. The van der Waals surface area contributed by atoms with E-state index in [1.807, 2.05) is 30.5 Å². The van der Waals surface area contributed by atoms with Crippen molar-refractivity contribution in [1.29, 1.82) is 0 Å². The van der Waals surface area contributed by atoms with E-state index in [0.29, 0.717) is 31.0 Å². The maximum absolute atomic E-state index is 13.0. The van der Waals surface area contributed by atoms with Crippen LogP contribution in [0.3, 0.4) is 0 Å². The van der Waals surface area contributed by atoms with Crippen molar-refractivity contribution in [2.45, 2.75) is 44.4 Å². The van der Waals surface area contributed by atoms with Gasteiger partial charge in [0.05, 0.1) is 4.90 Å². The summed E-state index contributed by atoms with van der Waals surface area (Å²) in [4.78, 5) is 0.328. The van der Waals surface area contributed by atoms with Gasteiger partial charge in [-0.25, -0.2) is 8.42 Å². The van der Waals surface area contributed by atoms with Gasteiger partial charge in [0.1, 0.15) is 12.4 Å².